The summed E-state index contributed by atoms with van der Waals surface area (Å²) >= 11 is 0. The summed E-state index contributed by atoms with van der Waals surface area (Å²) in [6.45, 7) is 5.41. The molecule has 2 aromatic rings. The van der Waals surface area contributed by atoms with Crippen LogP contribution < -0.4 is 5.73 Å². The van der Waals surface area contributed by atoms with Crippen LogP contribution in [0.4, 0.5) is 5.82 Å². The van der Waals surface area contributed by atoms with Gasteiger partial charge in [0.15, 0.2) is 0 Å². The van der Waals surface area contributed by atoms with Crippen LogP contribution in [0.25, 0.3) is 0 Å². The minimum Gasteiger partial charge on any atom is -0.384 e. The summed E-state index contributed by atoms with van der Waals surface area (Å²) in [7, 11) is 0. The Hall–Kier alpha value is -1.81. The number of benzene rings is 1. The van der Waals surface area contributed by atoms with Crippen molar-refractivity contribution < 1.29 is 0 Å². The van der Waals surface area contributed by atoms with Crippen LogP contribution in [0, 0.1) is 6.92 Å². The lowest BCUT2D eigenvalue weighted by atomic mass is 10.0. The number of nitrogen functional groups attached to an aromatic ring is 1. The second kappa shape index (κ2) is 6.31. The van der Waals surface area contributed by atoms with Gasteiger partial charge in [-0.25, -0.2) is 4.68 Å². The molecule has 1 saturated heterocycles. The third kappa shape index (κ3) is 3.45. The van der Waals surface area contributed by atoms with Crippen LogP contribution in [0.3, 0.4) is 0 Å². The molecule has 3 rings (SSSR count). The zero-order chi connectivity index (χ0) is 14.7. The van der Waals surface area contributed by atoms with Gasteiger partial charge >= 0.3 is 0 Å². The smallest absolute Gasteiger partial charge is 0.122 e. The Bertz CT molecular complexity index is 568. The van der Waals surface area contributed by atoms with Gasteiger partial charge in [-0.1, -0.05) is 30.3 Å². The zero-order valence-corrected chi connectivity index (χ0v) is 12.7. The van der Waals surface area contributed by atoms with Crippen LogP contribution in [-0.2, 0) is 6.42 Å². The van der Waals surface area contributed by atoms with E-state index in [2.05, 4.69) is 40.3 Å². The molecule has 1 aromatic heterocycles. The van der Waals surface area contributed by atoms with Gasteiger partial charge in [0.2, 0.25) is 0 Å². The van der Waals surface area contributed by atoms with E-state index in [0.717, 1.165) is 50.4 Å². The molecule has 0 spiro atoms. The van der Waals surface area contributed by atoms with Crippen LogP contribution in [0.5, 0.6) is 0 Å². The first kappa shape index (κ1) is 14.1. The van der Waals surface area contributed by atoms with Crippen LogP contribution in [0.2, 0.25) is 0 Å². The van der Waals surface area contributed by atoms with Crippen molar-refractivity contribution >= 4 is 5.82 Å². The molecule has 2 heterocycles. The second-order valence-electron chi connectivity index (χ2n) is 5.96. The van der Waals surface area contributed by atoms with Crippen molar-refractivity contribution in [2.45, 2.75) is 32.2 Å². The number of nitrogens with two attached hydrogens (primary N) is 1. The summed E-state index contributed by atoms with van der Waals surface area (Å²) in [5.74, 6) is 0.801. The Balaban J connectivity index is 1.50. The predicted molar refractivity (Wildman–Crippen MR) is 86.2 cm³/mol. The molecule has 0 aliphatic carbocycles. The van der Waals surface area contributed by atoms with Crippen molar-refractivity contribution in [1.82, 2.24) is 14.7 Å². The molecular weight excluding hydrogens is 260 g/mol. The maximum absolute atomic E-state index is 6.03. The highest BCUT2D eigenvalue weighted by Gasteiger charge is 2.22. The molecule has 1 aliphatic rings. The van der Waals surface area contributed by atoms with E-state index in [1.165, 1.54) is 5.56 Å². The molecule has 0 radical (unpaired) electrons. The van der Waals surface area contributed by atoms with Gasteiger partial charge in [0, 0.05) is 25.7 Å². The Morgan fingerprint density at radius 1 is 1.19 bits per heavy atom. The summed E-state index contributed by atoms with van der Waals surface area (Å²) in [5, 5.41) is 4.53. The number of piperidine rings is 1. The molecule has 21 heavy (non-hydrogen) atoms. The number of anilines is 1. The summed E-state index contributed by atoms with van der Waals surface area (Å²) < 4.78 is 2.02. The maximum Gasteiger partial charge on any atom is 0.122 e. The largest absolute Gasteiger partial charge is 0.384 e. The Labute approximate surface area is 126 Å². The van der Waals surface area contributed by atoms with Crippen LogP contribution >= 0.6 is 0 Å². The van der Waals surface area contributed by atoms with E-state index in [1.54, 1.807) is 0 Å². The summed E-state index contributed by atoms with van der Waals surface area (Å²) in [4.78, 5) is 2.55. The highest BCUT2D eigenvalue weighted by Crippen LogP contribution is 2.25. The molecule has 0 unspecified atom stereocenters. The van der Waals surface area contributed by atoms with E-state index < -0.39 is 0 Å². The number of nitrogens with zero attached hydrogens (tertiary/aromatic N) is 3. The number of rotatable bonds is 4. The van der Waals surface area contributed by atoms with E-state index in [9.17, 15) is 0 Å². The van der Waals surface area contributed by atoms with Gasteiger partial charge < -0.3 is 10.6 Å². The van der Waals surface area contributed by atoms with E-state index in [1.807, 2.05) is 17.7 Å². The van der Waals surface area contributed by atoms with Crippen molar-refractivity contribution in [3.8, 4) is 0 Å². The first-order valence-corrected chi connectivity index (χ1v) is 7.80. The average molecular weight is 284 g/mol. The molecule has 4 nitrogen and oxygen atoms in total. The molecular formula is C17H24N4. The molecule has 2 N–H and O–H groups in total. The normalized spacial score (nSPS) is 17.2. The predicted octanol–water partition coefficient (Wildman–Crippen LogP) is 2.65. The number of hydrogen-bond acceptors (Lipinski definition) is 3. The van der Waals surface area contributed by atoms with Crippen molar-refractivity contribution in [1.29, 1.82) is 0 Å². The molecule has 0 atom stereocenters. The molecule has 4 heteroatoms. The van der Waals surface area contributed by atoms with Crippen LogP contribution in [0.15, 0.2) is 36.4 Å². The van der Waals surface area contributed by atoms with E-state index >= 15 is 0 Å². The van der Waals surface area contributed by atoms with Crippen LogP contribution in [0.1, 0.15) is 30.1 Å². The fraction of sp³-hybridized carbons (Fsp3) is 0.471. The third-order valence-electron chi connectivity index (χ3n) is 4.35. The van der Waals surface area contributed by atoms with E-state index in [4.69, 9.17) is 5.73 Å². The van der Waals surface area contributed by atoms with Crippen molar-refractivity contribution in [3.05, 3.63) is 47.7 Å². The molecule has 0 saturated carbocycles. The van der Waals surface area contributed by atoms with Gasteiger partial charge in [0.05, 0.1) is 11.7 Å². The standard InChI is InChI=1S/C17H24N4/c1-14-13-17(18)21(19-14)16-8-11-20(12-9-16)10-7-15-5-3-2-4-6-15/h2-6,13,16H,7-12,18H2,1H3. The number of aromatic nitrogens is 2. The maximum atomic E-state index is 6.03. The van der Waals surface area contributed by atoms with Gasteiger partial charge in [0.25, 0.3) is 0 Å². The highest BCUT2D eigenvalue weighted by molar-refractivity contribution is 5.30. The van der Waals surface area contributed by atoms with Gasteiger partial charge in [-0.15, -0.1) is 0 Å². The average Bonchev–Trinajstić information content (AvgIpc) is 2.85. The minimum absolute atomic E-state index is 0.465. The fourth-order valence-corrected chi connectivity index (χ4v) is 3.15. The Morgan fingerprint density at radius 2 is 1.90 bits per heavy atom. The molecule has 1 aromatic carbocycles. The van der Waals surface area contributed by atoms with Crippen molar-refractivity contribution in [2.24, 2.45) is 0 Å². The Morgan fingerprint density at radius 3 is 2.52 bits per heavy atom. The second-order valence-corrected chi connectivity index (χ2v) is 5.96. The van der Waals surface area contributed by atoms with E-state index in [0.29, 0.717) is 6.04 Å². The van der Waals surface area contributed by atoms with Gasteiger partial charge in [-0.2, -0.15) is 5.10 Å². The molecule has 1 aliphatic heterocycles. The third-order valence-corrected chi connectivity index (χ3v) is 4.35. The topological polar surface area (TPSA) is 47.1 Å². The summed E-state index contributed by atoms with van der Waals surface area (Å²) in [6, 6.07) is 13.1. The summed E-state index contributed by atoms with van der Waals surface area (Å²) in [5.41, 5.74) is 8.46. The van der Waals surface area contributed by atoms with Crippen LogP contribution in [-0.4, -0.2) is 34.3 Å². The van der Waals surface area contributed by atoms with E-state index in [-0.39, 0.29) is 0 Å². The van der Waals surface area contributed by atoms with Gasteiger partial charge in [0.1, 0.15) is 5.82 Å². The first-order valence-electron chi connectivity index (χ1n) is 7.80. The Kier molecular flexibility index (Phi) is 4.25. The molecule has 0 amide bonds. The van der Waals surface area contributed by atoms with Crippen molar-refractivity contribution in [2.75, 3.05) is 25.4 Å². The number of aryl methyl sites for hydroxylation is 1. The number of likely N-dealkylation sites (tertiary alicyclic amines) is 1. The summed E-state index contributed by atoms with van der Waals surface area (Å²) in [6.07, 6.45) is 3.41. The first-order chi connectivity index (χ1) is 10.2. The zero-order valence-electron chi connectivity index (χ0n) is 12.7. The van der Waals surface area contributed by atoms with Gasteiger partial charge in [-0.05, 0) is 31.7 Å². The lowest BCUT2D eigenvalue weighted by Gasteiger charge is -2.32. The highest BCUT2D eigenvalue weighted by atomic mass is 15.3. The van der Waals surface area contributed by atoms with Crippen molar-refractivity contribution in [3.63, 3.8) is 0 Å². The lowest BCUT2D eigenvalue weighted by Crippen LogP contribution is -2.36. The minimum atomic E-state index is 0.465. The molecule has 0 bridgehead atoms. The molecule has 1 fully saturated rings. The lowest BCUT2D eigenvalue weighted by molar-refractivity contribution is 0.182. The fourth-order valence-electron chi connectivity index (χ4n) is 3.15. The SMILES string of the molecule is Cc1cc(N)n(C2CCN(CCc3ccccc3)CC2)n1. The number of hydrogen-bond donors (Lipinski definition) is 1. The van der Waals surface area contributed by atoms with Gasteiger partial charge in [-0.3, -0.25) is 0 Å². The quantitative estimate of drug-likeness (QED) is 0.939. The molecule has 112 valence electrons. The monoisotopic (exact) mass is 284 g/mol.